The van der Waals surface area contributed by atoms with Gasteiger partial charge in [0.05, 0.1) is 6.04 Å². The third kappa shape index (κ3) is 3.75. The normalized spacial score (nSPS) is 18.0. The van der Waals surface area contributed by atoms with Crippen molar-refractivity contribution in [2.24, 2.45) is 0 Å². The summed E-state index contributed by atoms with van der Waals surface area (Å²) in [6.45, 7) is 5.43. The summed E-state index contributed by atoms with van der Waals surface area (Å²) < 4.78 is 14.0. The van der Waals surface area contributed by atoms with Crippen molar-refractivity contribution in [3.63, 3.8) is 0 Å². The van der Waals surface area contributed by atoms with Gasteiger partial charge in [-0.1, -0.05) is 18.2 Å². The SMILES string of the molecule is CC(=O)NCC(c1ccccc1F)N1CCNCC1. The molecule has 1 unspecified atom stereocenters. The molecule has 0 bridgehead atoms. The van der Waals surface area contributed by atoms with Crippen molar-refractivity contribution < 1.29 is 9.18 Å². The fourth-order valence-electron chi connectivity index (χ4n) is 2.42. The summed E-state index contributed by atoms with van der Waals surface area (Å²) in [6.07, 6.45) is 0. The van der Waals surface area contributed by atoms with Crippen molar-refractivity contribution >= 4 is 5.91 Å². The van der Waals surface area contributed by atoms with E-state index in [0.717, 1.165) is 26.2 Å². The van der Waals surface area contributed by atoms with Crippen LogP contribution >= 0.6 is 0 Å². The molecule has 0 radical (unpaired) electrons. The van der Waals surface area contributed by atoms with Gasteiger partial charge in [0, 0.05) is 45.2 Å². The lowest BCUT2D eigenvalue weighted by atomic mass is 10.0. The topological polar surface area (TPSA) is 44.4 Å². The van der Waals surface area contributed by atoms with Crippen molar-refractivity contribution in [2.75, 3.05) is 32.7 Å². The van der Waals surface area contributed by atoms with E-state index in [2.05, 4.69) is 15.5 Å². The molecule has 1 aromatic carbocycles. The zero-order valence-electron chi connectivity index (χ0n) is 11.2. The van der Waals surface area contributed by atoms with E-state index in [1.807, 2.05) is 6.07 Å². The van der Waals surface area contributed by atoms with Gasteiger partial charge in [-0.25, -0.2) is 4.39 Å². The maximum Gasteiger partial charge on any atom is 0.216 e. The third-order valence-electron chi connectivity index (χ3n) is 3.40. The number of piperazine rings is 1. The van der Waals surface area contributed by atoms with Gasteiger partial charge >= 0.3 is 0 Å². The molecule has 0 spiro atoms. The average Bonchev–Trinajstić information content (AvgIpc) is 2.42. The molecule has 1 fully saturated rings. The first kappa shape index (κ1) is 14.0. The van der Waals surface area contributed by atoms with Gasteiger partial charge in [-0.3, -0.25) is 9.69 Å². The van der Waals surface area contributed by atoms with Crippen molar-refractivity contribution in [3.05, 3.63) is 35.6 Å². The Morgan fingerprint density at radius 2 is 2.11 bits per heavy atom. The molecule has 4 nitrogen and oxygen atoms in total. The fourth-order valence-corrected chi connectivity index (χ4v) is 2.42. The fraction of sp³-hybridized carbons (Fsp3) is 0.500. The van der Waals surface area contributed by atoms with Crippen LogP contribution in [-0.4, -0.2) is 43.5 Å². The maximum atomic E-state index is 14.0. The van der Waals surface area contributed by atoms with Crippen LogP contribution in [0.3, 0.4) is 0 Å². The second kappa shape index (κ2) is 6.63. The van der Waals surface area contributed by atoms with E-state index in [-0.39, 0.29) is 17.8 Å². The second-order valence-corrected chi connectivity index (χ2v) is 4.76. The van der Waals surface area contributed by atoms with Crippen LogP contribution in [0.4, 0.5) is 4.39 Å². The highest BCUT2D eigenvalue weighted by atomic mass is 19.1. The summed E-state index contributed by atoms with van der Waals surface area (Å²) in [5.41, 5.74) is 0.651. The van der Waals surface area contributed by atoms with E-state index in [9.17, 15) is 9.18 Å². The van der Waals surface area contributed by atoms with Crippen LogP contribution in [-0.2, 0) is 4.79 Å². The smallest absolute Gasteiger partial charge is 0.216 e. The monoisotopic (exact) mass is 265 g/mol. The van der Waals surface area contributed by atoms with Crippen LogP contribution in [0.25, 0.3) is 0 Å². The van der Waals surface area contributed by atoms with Gasteiger partial charge in [-0.05, 0) is 6.07 Å². The highest BCUT2D eigenvalue weighted by Crippen LogP contribution is 2.23. The molecular weight excluding hydrogens is 245 g/mol. The molecule has 0 saturated carbocycles. The highest BCUT2D eigenvalue weighted by molar-refractivity contribution is 5.72. The molecule has 1 aliphatic heterocycles. The van der Waals surface area contributed by atoms with Gasteiger partial charge in [0.25, 0.3) is 0 Å². The molecule has 0 aliphatic carbocycles. The maximum absolute atomic E-state index is 14.0. The number of benzene rings is 1. The van der Waals surface area contributed by atoms with Crippen LogP contribution < -0.4 is 10.6 Å². The molecule has 1 aliphatic rings. The quantitative estimate of drug-likeness (QED) is 0.850. The zero-order valence-corrected chi connectivity index (χ0v) is 11.2. The zero-order chi connectivity index (χ0) is 13.7. The number of amides is 1. The Labute approximate surface area is 113 Å². The Morgan fingerprint density at radius 3 is 2.74 bits per heavy atom. The van der Waals surface area contributed by atoms with Crippen LogP contribution in [0, 0.1) is 5.82 Å². The molecule has 1 amide bonds. The Kier molecular flexibility index (Phi) is 4.87. The lowest BCUT2D eigenvalue weighted by Crippen LogP contribution is -2.48. The molecule has 1 aromatic rings. The minimum absolute atomic E-state index is 0.0866. The van der Waals surface area contributed by atoms with Crippen LogP contribution in [0.1, 0.15) is 18.5 Å². The number of rotatable bonds is 4. The molecule has 0 aromatic heterocycles. The number of nitrogens with one attached hydrogen (secondary N) is 2. The number of carbonyl (C=O) groups is 1. The Balaban J connectivity index is 2.17. The number of hydrogen-bond donors (Lipinski definition) is 2. The third-order valence-corrected chi connectivity index (χ3v) is 3.40. The second-order valence-electron chi connectivity index (χ2n) is 4.76. The predicted octanol–water partition coefficient (Wildman–Crippen LogP) is 0.908. The van der Waals surface area contributed by atoms with Gasteiger partial charge in [0.2, 0.25) is 5.91 Å². The average molecular weight is 265 g/mol. The van der Waals surface area contributed by atoms with Crippen LogP contribution in [0.2, 0.25) is 0 Å². The molecule has 104 valence electrons. The lowest BCUT2D eigenvalue weighted by molar-refractivity contribution is -0.119. The first-order valence-corrected chi connectivity index (χ1v) is 6.62. The van der Waals surface area contributed by atoms with Crippen molar-refractivity contribution in [1.29, 1.82) is 0 Å². The largest absolute Gasteiger partial charge is 0.354 e. The van der Waals surface area contributed by atoms with Crippen molar-refractivity contribution in [3.8, 4) is 0 Å². The lowest BCUT2D eigenvalue weighted by Gasteiger charge is -2.35. The summed E-state index contributed by atoms with van der Waals surface area (Å²) in [6, 6.07) is 6.68. The Morgan fingerprint density at radius 1 is 1.42 bits per heavy atom. The Hall–Kier alpha value is -1.46. The summed E-state index contributed by atoms with van der Waals surface area (Å²) in [4.78, 5) is 13.3. The number of nitrogens with zero attached hydrogens (tertiary/aromatic N) is 1. The summed E-state index contributed by atoms with van der Waals surface area (Å²) >= 11 is 0. The van der Waals surface area contributed by atoms with Gasteiger partial charge in [0.15, 0.2) is 0 Å². The van der Waals surface area contributed by atoms with Gasteiger partial charge in [0.1, 0.15) is 5.82 Å². The molecule has 1 atom stereocenters. The first-order chi connectivity index (χ1) is 9.18. The van der Waals surface area contributed by atoms with Crippen LogP contribution in [0.15, 0.2) is 24.3 Å². The molecule has 2 N–H and O–H groups in total. The van der Waals surface area contributed by atoms with E-state index in [1.54, 1.807) is 12.1 Å². The number of hydrogen-bond acceptors (Lipinski definition) is 3. The first-order valence-electron chi connectivity index (χ1n) is 6.62. The van der Waals surface area contributed by atoms with Gasteiger partial charge in [-0.15, -0.1) is 0 Å². The van der Waals surface area contributed by atoms with E-state index in [0.29, 0.717) is 12.1 Å². The molecule has 1 heterocycles. The van der Waals surface area contributed by atoms with E-state index in [1.165, 1.54) is 13.0 Å². The molecule has 1 saturated heterocycles. The standard InChI is InChI=1S/C14H20FN3O/c1-11(19)17-10-14(18-8-6-16-7-9-18)12-4-2-3-5-13(12)15/h2-5,14,16H,6-10H2,1H3,(H,17,19). The van der Waals surface area contributed by atoms with E-state index < -0.39 is 0 Å². The molecule has 5 heteroatoms. The van der Waals surface area contributed by atoms with E-state index >= 15 is 0 Å². The molecule has 2 rings (SSSR count). The summed E-state index contributed by atoms with van der Waals surface area (Å²) in [5.74, 6) is -0.298. The molecular formula is C14H20FN3O. The van der Waals surface area contributed by atoms with Gasteiger partial charge in [-0.2, -0.15) is 0 Å². The molecule has 19 heavy (non-hydrogen) atoms. The minimum atomic E-state index is -0.212. The summed E-state index contributed by atoms with van der Waals surface area (Å²) in [7, 11) is 0. The van der Waals surface area contributed by atoms with Gasteiger partial charge < -0.3 is 10.6 Å². The highest BCUT2D eigenvalue weighted by Gasteiger charge is 2.24. The summed E-state index contributed by atoms with van der Waals surface area (Å²) in [5, 5.41) is 6.08. The van der Waals surface area contributed by atoms with E-state index in [4.69, 9.17) is 0 Å². The minimum Gasteiger partial charge on any atom is -0.354 e. The van der Waals surface area contributed by atoms with Crippen LogP contribution in [0.5, 0.6) is 0 Å². The number of halogens is 1. The predicted molar refractivity (Wildman–Crippen MR) is 72.3 cm³/mol. The van der Waals surface area contributed by atoms with Crippen molar-refractivity contribution in [1.82, 2.24) is 15.5 Å². The Bertz CT molecular complexity index is 432. The number of carbonyl (C=O) groups excluding carboxylic acids is 1. The van der Waals surface area contributed by atoms with Crippen molar-refractivity contribution in [2.45, 2.75) is 13.0 Å².